The molecule has 1 aromatic rings. The molecule has 7 heteroatoms. The predicted octanol–water partition coefficient (Wildman–Crippen LogP) is 2.59. The van der Waals surface area contributed by atoms with Crippen molar-refractivity contribution < 1.29 is 17.9 Å². The molecule has 0 atom stereocenters. The minimum Gasteiger partial charge on any atom is -0.490 e. The van der Waals surface area contributed by atoms with E-state index in [0.29, 0.717) is 37.8 Å². The molecule has 0 aliphatic carbocycles. The van der Waals surface area contributed by atoms with Crippen molar-refractivity contribution in [2.45, 2.75) is 38.5 Å². The summed E-state index contributed by atoms with van der Waals surface area (Å²) in [5, 5.41) is 0. The second kappa shape index (κ2) is 9.40. The molecule has 6 nitrogen and oxygen atoms in total. The Morgan fingerprint density at radius 2 is 1.52 bits per heavy atom. The lowest BCUT2D eigenvalue weighted by atomic mass is 10.3. The molecule has 1 heterocycles. The van der Waals surface area contributed by atoms with Gasteiger partial charge < -0.3 is 14.4 Å². The molecule has 2 rings (SSSR count). The molecule has 0 aromatic heterocycles. The SMILES string of the molecule is CCCOc1ccc(S(=O)(=O)N2CCN(CC)CC2)cc1OCCC. The Kier molecular flexibility index (Phi) is 7.53. The first-order valence-electron chi connectivity index (χ1n) is 9.15. The van der Waals surface area contributed by atoms with Crippen LogP contribution in [-0.2, 0) is 10.0 Å². The highest BCUT2D eigenvalue weighted by Crippen LogP contribution is 2.32. The number of nitrogens with zero attached hydrogens (tertiary/aromatic N) is 2. The molecule has 1 aliphatic heterocycles. The minimum absolute atomic E-state index is 0.271. The number of likely N-dealkylation sites (N-methyl/N-ethyl adjacent to an activating group) is 1. The summed E-state index contributed by atoms with van der Waals surface area (Å²) in [5.74, 6) is 1.11. The molecule has 0 unspecified atom stereocenters. The van der Waals surface area contributed by atoms with Crippen LogP contribution < -0.4 is 9.47 Å². The van der Waals surface area contributed by atoms with E-state index in [1.165, 1.54) is 0 Å². The number of rotatable bonds is 9. The van der Waals surface area contributed by atoms with Gasteiger partial charge in [-0.2, -0.15) is 4.31 Å². The van der Waals surface area contributed by atoms with Crippen molar-refractivity contribution in [3.05, 3.63) is 18.2 Å². The summed E-state index contributed by atoms with van der Waals surface area (Å²) in [4.78, 5) is 2.52. The van der Waals surface area contributed by atoms with Crippen molar-refractivity contribution in [2.24, 2.45) is 0 Å². The van der Waals surface area contributed by atoms with Crippen LogP contribution >= 0.6 is 0 Å². The van der Waals surface area contributed by atoms with Gasteiger partial charge in [0.2, 0.25) is 10.0 Å². The Morgan fingerprint density at radius 1 is 0.920 bits per heavy atom. The quantitative estimate of drug-likeness (QED) is 0.669. The normalized spacial score (nSPS) is 16.8. The Bertz CT molecular complexity index is 640. The Labute approximate surface area is 151 Å². The van der Waals surface area contributed by atoms with E-state index in [0.717, 1.165) is 32.5 Å². The fraction of sp³-hybridized carbons (Fsp3) is 0.667. The third kappa shape index (κ3) is 5.09. The second-order valence-corrected chi connectivity index (χ2v) is 8.08. The summed E-state index contributed by atoms with van der Waals surface area (Å²) in [6, 6.07) is 4.92. The van der Waals surface area contributed by atoms with E-state index in [2.05, 4.69) is 11.8 Å². The lowest BCUT2D eigenvalue weighted by Crippen LogP contribution is -2.48. The van der Waals surface area contributed by atoms with Gasteiger partial charge in [-0.05, 0) is 31.5 Å². The molecule has 0 spiro atoms. The smallest absolute Gasteiger partial charge is 0.243 e. The average molecular weight is 371 g/mol. The first-order valence-corrected chi connectivity index (χ1v) is 10.6. The first-order chi connectivity index (χ1) is 12.0. The van der Waals surface area contributed by atoms with Crippen molar-refractivity contribution in [2.75, 3.05) is 45.9 Å². The molecule has 25 heavy (non-hydrogen) atoms. The Balaban J connectivity index is 2.21. The van der Waals surface area contributed by atoms with Crippen molar-refractivity contribution in [3.8, 4) is 11.5 Å². The highest BCUT2D eigenvalue weighted by atomic mass is 32.2. The van der Waals surface area contributed by atoms with Crippen LogP contribution in [0.2, 0.25) is 0 Å². The molecule has 0 bridgehead atoms. The second-order valence-electron chi connectivity index (χ2n) is 6.14. The van der Waals surface area contributed by atoms with Gasteiger partial charge in [-0.15, -0.1) is 0 Å². The maximum Gasteiger partial charge on any atom is 0.243 e. The van der Waals surface area contributed by atoms with Crippen LogP contribution in [-0.4, -0.2) is 63.6 Å². The van der Waals surface area contributed by atoms with Crippen molar-refractivity contribution in [1.29, 1.82) is 0 Å². The summed E-state index contributed by atoms with van der Waals surface area (Å²) >= 11 is 0. The topological polar surface area (TPSA) is 59.1 Å². The minimum atomic E-state index is -3.51. The first kappa shape index (κ1) is 20.0. The zero-order valence-electron chi connectivity index (χ0n) is 15.5. The highest BCUT2D eigenvalue weighted by Gasteiger charge is 2.28. The largest absolute Gasteiger partial charge is 0.490 e. The molecule has 0 amide bonds. The standard InChI is InChI=1S/C18H30N2O4S/c1-4-13-23-17-8-7-16(15-18(17)24-14-5-2)25(21,22)20-11-9-19(6-3)10-12-20/h7-8,15H,4-6,9-14H2,1-3H3. The molecule has 0 radical (unpaired) electrons. The van der Waals surface area contributed by atoms with E-state index in [1.54, 1.807) is 22.5 Å². The molecular weight excluding hydrogens is 340 g/mol. The van der Waals surface area contributed by atoms with Gasteiger partial charge >= 0.3 is 0 Å². The summed E-state index contributed by atoms with van der Waals surface area (Å²) in [5.41, 5.74) is 0. The zero-order chi connectivity index (χ0) is 18.3. The van der Waals surface area contributed by atoms with Crippen molar-refractivity contribution in [3.63, 3.8) is 0 Å². The number of ether oxygens (including phenoxy) is 2. The molecule has 0 N–H and O–H groups in total. The van der Waals surface area contributed by atoms with Crippen LogP contribution in [0.15, 0.2) is 23.1 Å². The monoisotopic (exact) mass is 370 g/mol. The van der Waals surface area contributed by atoms with Gasteiger partial charge in [0.15, 0.2) is 11.5 Å². The molecule has 1 aromatic carbocycles. The van der Waals surface area contributed by atoms with Crippen LogP contribution in [0, 0.1) is 0 Å². The number of piperazine rings is 1. The summed E-state index contributed by atoms with van der Waals surface area (Å²) < 4.78 is 38.9. The number of hydrogen-bond acceptors (Lipinski definition) is 5. The third-order valence-electron chi connectivity index (χ3n) is 4.25. The van der Waals surface area contributed by atoms with Crippen molar-refractivity contribution in [1.82, 2.24) is 9.21 Å². The average Bonchev–Trinajstić information content (AvgIpc) is 2.64. The zero-order valence-corrected chi connectivity index (χ0v) is 16.3. The lowest BCUT2D eigenvalue weighted by molar-refractivity contribution is 0.196. The fourth-order valence-electron chi connectivity index (χ4n) is 2.74. The van der Waals surface area contributed by atoms with Gasteiger partial charge in [-0.25, -0.2) is 8.42 Å². The van der Waals surface area contributed by atoms with Crippen molar-refractivity contribution >= 4 is 10.0 Å². The summed E-state index contributed by atoms with van der Waals surface area (Å²) in [6.45, 7) is 10.8. The number of hydrogen-bond donors (Lipinski definition) is 0. The van der Waals surface area contributed by atoms with E-state index in [1.807, 2.05) is 13.8 Å². The van der Waals surface area contributed by atoms with Gasteiger partial charge in [0.05, 0.1) is 18.1 Å². The fourth-order valence-corrected chi connectivity index (χ4v) is 4.18. The Hall–Kier alpha value is -1.31. The third-order valence-corrected chi connectivity index (χ3v) is 6.15. The van der Waals surface area contributed by atoms with Crippen LogP contribution in [0.1, 0.15) is 33.6 Å². The molecule has 0 saturated carbocycles. The maximum absolute atomic E-state index is 12.9. The van der Waals surface area contributed by atoms with Gasteiger partial charge in [0.25, 0.3) is 0 Å². The van der Waals surface area contributed by atoms with Gasteiger partial charge in [-0.3, -0.25) is 0 Å². The van der Waals surface area contributed by atoms with Gasteiger partial charge in [-0.1, -0.05) is 20.8 Å². The van der Waals surface area contributed by atoms with Crippen LogP contribution in [0.25, 0.3) is 0 Å². The molecule has 142 valence electrons. The van der Waals surface area contributed by atoms with Gasteiger partial charge in [0.1, 0.15) is 0 Å². The lowest BCUT2D eigenvalue weighted by Gasteiger charge is -2.33. The van der Waals surface area contributed by atoms with E-state index < -0.39 is 10.0 Å². The van der Waals surface area contributed by atoms with E-state index in [9.17, 15) is 8.42 Å². The summed E-state index contributed by atoms with van der Waals surface area (Å²) in [6.07, 6.45) is 1.73. The molecule has 1 saturated heterocycles. The summed E-state index contributed by atoms with van der Waals surface area (Å²) in [7, 11) is -3.51. The van der Waals surface area contributed by atoms with E-state index in [-0.39, 0.29) is 4.90 Å². The van der Waals surface area contributed by atoms with E-state index in [4.69, 9.17) is 9.47 Å². The van der Waals surface area contributed by atoms with Crippen LogP contribution in [0.3, 0.4) is 0 Å². The number of benzene rings is 1. The van der Waals surface area contributed by atoms with Gasteiger partial charge in [0, 0.05) is 32.2 Å². The Morgan fingerprint density at radius 3 is 2.08 bits per heavy atom. The highest BCUT2D eigenvalue weighted by molar-refractivity contribution is 7.89. The van der Waals surface area contributed by atoms with Crippen LogP contribution in [0.5, 0.6) is 11.5 Å². The maximum atomic E-state index is 12.9. The molecular formula is C18H30N2O4S. The van der Waals surface area contributed by atoms with E-state index >= 15 is 0 Å². The number of sulfonamides is 1. The van der Waals surface area contributed by atoms with Crippen LogP contribution in [0.4, 0.5) is 0 Å². The molecule has 1 aliphatic rings. The predicted molar refractivity (Wildman–Crippen MR) is 98.9 cm³/mol. The molecule has 1 fully saturated rings.